The van der Waals surface area contributed by atoms with Crippen LogP contribution < -0.4 is 0 Å². The summed E-state index contributed by atoms with van der Waals surface area (Å²) in [5.41, 5.74) is 1.34. The van der Waals surface area contributed by atoms with Gasteiger partial charge in [-0.05, 0) is 42.8 Å². The van der Waals surface area contributed by atoms with Crippen LogP contribution in [0, 0.1) is 6.92 Å². The highest BCUT2D eigenvalue weighted by molar-refractivity contribution is 6.29. The fourth-order valence-electron chi connectivity index (χ4n) is 1.95. The van der Waals surface area contributed by atoms with Crippen molar-refractivity contribution in [3.63, 3.8) is 0 Å². The first kappa shape index (κ1) is 11.6. The maximum absolute atomic E-state index is 6.08. The lowest BCUT2D eigenvalue weighted by Gasteiger charge is -2.26. The van der Waals surface area contributed by atoms with E-state index in [9.17, 15) is 0 Å². The van der Waals surface area contributed by atoms with Gasteiger partial charge in [0.15, 0.2) is 5.22 Å². The molecule has 0 aliphatic rings. The molecule has 2 heteroatoms. The van der Waals surface area contributed by atoms with Crippen molar-refractivity contribution in [1.29, 1.82) is 0 Å². The van der Waals surface area contributed by atoms with Gasteiger partial charge in [0.1, 0.15) is 5.76 Å². The third-order valence-corrected chi connectivity index (χ3v) is 3.32. The standard InChI is InChI=1S/C12H19ClO/c1-5-7-12(4,6-2)10-8-9(3)14-11(10)13/h8H,5-7H2,1-4H3. The van der Waals surface area contributed by atoms with Crippen molar-refractivity contribution in [2.75, 3.05) is 0 Å². The van der Waals surface area contributed by atoms with Crippen LogP contribution in [-0.2, 0) is 5.41 Å². The SMILES string of the molecule is CCCC(C)(CC)c1cc(C)oc1Cl. The van der Waals surface area contributed by atoms with Crippen molar-refractivity contribution in [2.45, 2.75) is 52.4 Å². The Kier molecular flexibility index (Phi) is 3.65. The Bertz CT molecular complexity index is 303. The van der Waals surface area contributed by atoms with Crippen molar-refractivity contribution in [2.24, 2.45) is 0 Å². The lowest BCUT2D eigenvalue weighted by molar-refractivity contribution is 0.408. The van der Waals surface area contributed by atoms with Crippen LogP contribution in [0.3, 0.4) is 0 Å². The van der Waals surface area contributed by atoms with Crippen molar-refractivity contribution >= 4 is 11.6 Å². The third-order valence-electron chi connectivity index (χ3n) is 3.04. The minimum absolute atomic E-state index is 0.170. The average molecular weight is 215 g/mol. The monoisotopic (exact) mass is 214 g/mol. The predicted octanol–water partition coefficient (Wildman–Crippen LogP) is 4.71. The van der Waals surface area contributed by atoms with Gasteiger partial charge in [0.25, 0.3) is 0 Å². The van der Waals surface area contributed by atoms with Crippen molar-refractivity contribution in [3.8, 4) is 0 Å². The number of rotatable bonds is 4. The average Bonchev–Trinajstić information content (AvgIpc) is 2.46. The molecule has 0 amide bonds. The largest absolute Gasteiger partial charge is 0.450 e. The first-order valence-electron chi connectivity index (χ1n) is 5.30. The first-order chi connectivity index (χ1) is 6.53. The Morgan fingerprint density at radius 1 is 1.43 bits per heavy atom. The molecule has 1 atom stereocenters. The fraction of sp³-hybridized carbons (Fsp3) is 0.667. The molecule has 0 spiro atoms. The summed E-state index contributed by atoms with van der Waals surface area (Å²) in [5, 5.41) is 0.570. The quantitative estimate of drug-likeness (QED) is 0.708. The topological polar surface area (TPSA) is 13.1 Å². The van der Waals surface area contributed by atoms with Gasteiger partial charge in [-0.15, -0.1) is 0 Å². The van der Waals surface area contributed by atoms with Crippen LogP contribution in [0.25, 0.3) is 0 Å². The van der Waals surface area contributed by atoms with Gasteiger partial charge >= 0.3 is 0 Å². The summed E-state index contributed by atoms with van der Waals surface area (Å²) in [7, 11) is 0. The molecule has 0 aliphatic heterocycles. The first-order valence-corrected chi connectivity index (χ1v) is 5.67. The van der Waals surface area contributed by atoms with E-state index in [1.54, 1.807) is 0 Å². The Hall–Kier alpha value is -0.430. The van der Waals surface area contributed by atoms with Crippen molar-refractivity contribution in [3.05, 3.63) is 22.6 Å². The molecule has 0 fully saturated rings. The van der Waals surface area contributed by atoms with E-state index in [2.05, 4.69) is 26.8 Å². The van der Waals surface area contributed by atoms with Gasteiger partial charge < -0.3 is 4.42 Å². The minimum atomic E-state index is 0.170. The second kappa shape index (κ2) is 4.39. The fourth-order valence-corrected chi connectivity index (χ4v) is 2.36. The van der Waals surface area contributed by atoms with E-state index < -0.39 is 0 Å². The molecular weight excluding hydrogens is 196 g/mol. The van der Waals surface area contributed by atoms with Crippen LogP contribution in [0.1, 0.15) is 51.4 Å². The summed E-state index contributed by atoms with van der Waals surface area (Å²) >= 11 is 6.08. The van der Waals surface area contributed by atoms with Crippen LogP contribution >= 0.6 is 11.6 Å². The van der Waals surface area contributed by atoms with E-state index >= 15 is 0 Å². The van der Waals surface area contributed by atoms with Crippen LogP contribution in [0.2, 0.25) is 5.22 Å². The normalized spacial score (nSPS) is 15.5. The van der Waals surface area contributed by atoms with Crippen LogP contribution in [0.4, 0.5) is 0 Å². The second-order valence-electron chi connectivity index (χ2n) is 4.21. The highest BCUT2D eigenvalue weighted by Gasteiger charge is 2.28. The minimum Gasteiger partial charge on any atom is -0.450 e. The highest BCUT2D eigenvalue weighted by Crippen LogP contribution is 2.38. The molecule has 14 heavy (non-hydrogen) atoms. The van der Waals surface area contributed by atoms with E-state index in [-0.39, 0.29) is 5.41 Å². The number of hydrogen-bond donors (Lipinski definition) is 0. The molecule has 0 saturated carbocycles. The zero-order valence-electron chi connectivity index (χ0n) is 9.48. The summed E-state index contributed by atoms with van der Waals surface area (Å²) in [6, 6.07) is 2.07. The smallest absolute Gasteiger partial charge is 0.197 e. The molecule has 0 radical (unpaired) electrons. The molecule has 80 valence electrons. The predicted molar refractivity (Wildman–Crippen MR) is 61.0 cm³/mol. The maximum Gasteiger partial charge on any atom is 0.197 e. The van der Waals surface area contributed by atoms with E-state index in [4.69, 9.17) is 16.0 Å². The van der Waals surface area contributed by atoms with E-state index in [1.807, 2.05) is 6.92 Å². The molecular formula is C12H19ClO. The van der Waals surface area contributed by atoms with Crippen LogP contribution in [-0.4, -0.2) is 0 Å². The summed E-state index contributed by atoms with van der Waals surface area (Å²) < 4.78 is 5.37. The van der Waals surface area contributed by atoms with E-state index in [0.29, 0.717) is 5.22 Å². The molecule has 1 aromatic rings. The van der Waals surface area contributed by atoms with E-state index in [0.717, 1.165) is 18.6 Å². The lowest BCUT2D eigenvalue weighted by Crippen LogP contribution is -2.20. The van der Waals surface area contributed by atoms with Crippen molar-refractivity contribution in [1.82, 2.24) is 0 Å². The molecule has 0 aromatic carbocycles. The molecule has 1 aromatic heterocycles. The van der Waals surface area contributed by atoms with Gasteiger partial charge in [-0.2, -0.15) is 0 Å². The van der Waals surface area contributed by atoms with Gasteiger partial charge in [-0.25, -0.2) is 0 Å². The molecule has 1 unspecified atom stereocenters. The zero-order chi connectivity index (χ0) is 10.8. The van der Waals surface area contributed by atoms with Gasteiger partial charge in [0.05, 0.1) is 0 Å². The molecule has 0 N–H and O–H groups in total. The second-order valence-corrected chi connectivity index (χ2v) is 4.55. The van der Waals surface area contributed by atoms with Gasteiger partial charge in [0, 0.05) is 5.56 Å². The number of furan rings is 1. The number of hydrogen-bond acceptors (Lipinski definition) is 1. The number of aryl methyl sites for hydroxylation is 1. The zero-order valence-corrected chi connectivity index (χ0v) is 10.2. The Balaban J connectivity index is 3.04. The molecule has 0 saturated heterocycles. The Morgan fingerprint density at radius 2 is 2.07 bits per heavy atom. The Labute approximate surface area is 91.4 Å². The molecule has 1 heterocycles. The van der Waals surface area contributed by atoms with Crippen LogP contribution in [0.5, 0.6) is 0 Å². The third kappa shape index (κ3) is 2.14. The highest BCUT2D eigenvalue weighted by atomic mass is 35.5. The van der Waals surface area contributed by atoms with Gasteiger partial charge in [-0.3, -0.25) is 0 Å². The van der Waals surface area contributed by atoms with Crippen LogP contribution in [0.15, 0.2) is 10.5 Å². The molecule has 0 bridgehead atoms. The van der Waals surface area contributed by atoms with Gasteiger partial charge in [0.2, 0.25) is 0 Å². The summed E-state index contributed by atoms with van der Waals surface area (Å²) in [4.78, 5) is 0. The molecule has 1 nitrogen and oxygen atoms in total. The summed E-state index contributed by atoms with van der Waals surface area (Å²) in [6.07, 6.45) is 3.42. The number of halogens is 1. The van der Waals surface area contributed by atoms with Gasteiger partial charge in [-0.1, -0.05) is 27.2 Å². The maximum atomic E-state index is 6.08. The van der Waals surface area contributed by atoms with Crippen molar-refractivity contribution < 1.29 is 4.42 Å². The Morgan fingerprint density at radius 3 is 2.43 bits per heavy atom. The molecule has 0 aliphatic carbocycles. The summed E-state index contributed by atoms with van der Waals surface area (Å²) in [6.45, 7) is 8.60. The molecule has 1 rings (SSSR count). The summed E-state index contributed by atoms with van der Waals surface area (Å²) in [5.74, 6) is 0.903. The lowest BCUT2D eigenvalue weighted by atomic mass is 9.78. The van der Waals surface area contributed by atoms with E-state index in [1.165, 1.54) is 12.0 Å².